The van der Waals surface area contributed by atoms with Crippen LogP contribution in [0.3, 0.4) is 0 Å². The van der Waals surface area contributed by atoms with Gasteiger partial charge in [-0.3, -0.25) is 15.6 Å². The summed E-state index contributed by atoms with van der Waals surface area (Å²) in [7, 11) is 0. The number of carboxylic acid groups (broad SMARTS) is 2. The van der Waals surface area contributed by atoms with Crippen molar-refractivity contribution in [1.82, 2.24) is 20.9 Å². The maximum atomic E-state index is 12.5. The Morgan fingerprint density at radius 1 is 0.727 bits per heavy atom. The largest absolute Gasteiger partial charge is 0.464 e. The third kappa shape index (κ3) is 4.57. The Balaban J connectivity index is 1.74. The smallest absolute Gasteiger partial charge is 0.419 e. The van der Waals surface area contributed by atoms with Crippen LogP contribution in [0.15, 0.2) is 0 Å². The van der Waals surface area contributed by atoms with Crippen LogP contribution >= 0.6 is 0 Å². The minimum Gasteiger partial charge on any atom is -0.464 e. The van der Waals surface area contributed by atoms with Gasteiger partial charge in [-0.2, -0.15) is 0 Å². The van der Waals surface area contributed by atoms with E-state index in [0.29, 0.717) is 51.9 Å². The van der Waals surface area contributed by atoms with Crippen LogP contribution in [0.2, 0.25) is 0 Å². The van der Waals surface area contributed by atoms with Crippen molar-refractivity contribution < 1.29 is 24.6 Å². The first-order valence-corrected chi connectivity index (χ1v) is 7.48. The van der Waals surface area contributed by atoms with E-state index in [2.05, 4.69) is 10.9 Å². The molecule has 0 radical (unpaired) electrons. The van der Waals surface area contributed by atoms with Crippen molar-refractivity contribution >= 4 is 18.0 Å². The van der Waals surface area contributed by atoms with Gasteiger partial charge in [0.15, 0.2) is 0 Å². The predicted molar refractivity (Wildman–Crippen MR) is 75.9 cm³/mol. The first kappa shape index (κ1) is 16.5. The second-order valence-electron chi connectivity index (χ2n) is 5.76. The Bertz CT molecular complexity index is 390. The molecule has 2 aliphatic heterocycles. The molecule has 0 spiro atoms. The molecule has 2 amide bonds. The van der Waals surface area contributed by atoms with Crippen molar-refractivity contribution in [2.75, 3.05) is 26.2 Å². The molecule has 0 aromatic rings. The van der Waals surface area contributed by atoms with Gasteiger partial charge in [-0.05, 0) is 25.7 Å². The molecule has 0 atom stereocenters. The third-order valence-electron chi connectivity index (χ3n) is 4.30. The lowest BCUT2D eigenvalue weighted by atomic mass is 9.82. The van der Waals surface area contributed by atoms with Gasteiger partial charge in [0.05, 0.1) is 0 Å². The summed E-state index contributed by atoms with van der Waals surface area (Å²) in [6.07, 6.45) is 0.477. The number of hydrogen-bond acceptors (Lipinski definition) is 5. The lowest BCUT2D eigenvalue weighted by molar-refractivity contribution is -0.130. The van der Waals surface area contributed by atoms with Crippen LogP contribution in [0.5, 0.6) is 0 Å². The van der Waals surface area contributed by atoms with Crippen LogP contribution in [-0.4, -0.2) is 64.4 Å². The van der Waals surface area contributed by atoms with Gasteiger partial charge >= 0.3 is 12.2 Å². The lowest BCUT2D eigenvalue weighted by Gasteiger charge is -2.35. The third-order valence-corrected chi connectivity index (χ3v) is 4.30. The molecule has 2 heterocycles. The normalized spacial score (nSPS) is 22.2. The second kappa shape index (κ2) is 7.41. The van der Waals surface area contributed by atoms with Crippen molar-refractivity contribution in [2.45, 2.75) is 25.7 Å². The summed E-state index contributed by atoms with van der Waals surface area (Å²) in [6, 6.07) is 0. The summed E-state index contributed by atoms with van der Waals surface area (Å²) in [5, 5.41) is 20.6. The number of ketones is 1. The number of carbonyl (C=O) groups is 3. The standard InChI is InChI=1S/C13H22N4O5/c18-11(9-1-5-16(6-2-9)14-12(19)20)10-3-7-17(8-4-10)15-13(21)22/h9-10,14-15H,1-8H2,(H,19,20)(H,21,22). The molecule has 124 valence electrons. The van der Waals surface area contributed by atoms with Gasteiger partial charge in [-0.1, -0.05) is 0 Å². The number of hydrazine groups is 2. The van der Waals surface area contributed by atoms with Crippen LogP contribution < -0.4 is 10.9 Å². The Morgan fingerprint density at radius 2 is 1.05 bits per heavy atom. The number of nitrogens with one attached hydrogen (secondary N) is 2. The van der Waals surface area contributed by atoms with Crippen molar-refractivity contribution in [1.29, 1.82) is 0 Å². The highest BCUT2D eigenvalue weighted by Gasteiger charge is 2.32. The summed E-state index contributed by atoms with van der Waals surface area (Å²) in [5.74, 6) is 0.205. The molecular formula is C13H22N4O5. The highest BCUT2D eigenvalue weighted by atomic mass is 16.4. The van der Waals surface area contributed by atoms with Crippen molar-refractivity contribution in [2.24, 2.45) is 11.8 Å². The molecule has 22 heavy (non-hydrogen) atoms. The fourth-order valence-electron chi connectivity index (χ4n) is 3.16. The summed E-state index contributed by atoms with van der Waals surface area (Å²) in [6.45, 7) is 2.18. The van der Waals surface area contributed by atoms with Crippen LogP contribution in [0.4, 0.5) is 9.59 Å². The van der Waals surface area contributed by atoms with Gasteiger partial charge < -0.3 is 10.2 Å². The SMILES string of the molecule is O=C(O)NN1CCC(C(=O)C2CCN(NC(=O)O)CC2)CC1. The van der Waals surface area contributed by atoms with E-state index in [1.165, 1.54) is 0 Å². The van der Waals surface area contributed by atoms with Crippen molar-refractivity contribution in [3.63, 3.8) is 0 Å². The van der Waals surface area contributed by atoms with E-state index in [4.69, 9.17) is 10.2 Å². The van der Waals surface area contributed by atoms with E-state index in [0.717, 1.165) is 0 Å². The fourth-order valence-corrected chi connectivity index (χ4v) is 3.16. The zero-order chi connectivity index (χ0) is 16.1. The Hall–Kier alpha value is -1.87. The van der Waals surface area contributed by atoms with E-state index in [-0.39, 0.29) is 17.6 Å². The monoisotopic (exact) mass is 314 g/mol. The first-order valence-electron chi connectivity index (χ1n) is 7.48. The maximum absolute atomic E-state index is 12.5. The van der Waals surface area contributed by atoms with E-state index in [9.17, 15) is 14.4 Å². The van der Waals surface area contributed by atoms with Gasteiger partial charge in [0.2, 0.25) is 0 Å². The van der Waals surface area contributed by atoms with Crippen molar-refractivity contribution in [3.05, 3.63) is 0 Å². The van der Waals surface area contributed by atoms with E-state index in [1.807, 2.05) is 0 Å². The second-order valence-corrected chi connectivity index (χ2v) is 5.76. The Kier molecular flexibility index (Phi) is 5.56. The predicted octanol–water partition coefficient (Wildman–Crippen LogP) is 0.345. The van der Waals surface area contributed by atoms with E-state index < -0.39 is 12.2 Å². The van der Waals surface area contributed by atoms with Crippen LogP contribution in [0.25, 0.3) is 0 Å². The van der Waals surface area contributed by atoms with Gasteiger partial charge in [-0.15, -0.1) is 0 Å². The van der Waals surface area contributed by atoms with Crippen molar-refractivity contribution in [3.8, 4) is 0 Å². The lowest BCUT2D eigenvalue weighted by Crippen LogP contribution is -2.49. The van der Waals surface area contributed by atoms with Crippen LogP contribution in [0.1, 0.15) is 25.7 Å². The summed E-state index contributed by atoms with van der Waals surface area (Å²) in [4.78, 5) is 33.6. The molecule has 2 rings (SSSR count). The number of nitrogens with zero attached hydrogens (tertiary/aromatic N) is 2. The first-order chi connectivity index (χ1) is 10.5. The molecular weight excluding hydrogens is 292 g/mol. The number of amides is 2. The van der Waals surface area contributed by atoms with Gasteiger partial charge in [0, 0.05) is 38.0 Å². The number of carbonyl (C=O) groups excluding carboxylic acids is 1. The van der Waals surface area contributed by atoms with Gasteiger partial charge in [-0.25, -0.2) is 19.6 Å². The van der Waals surface area contributed by atoms with Gasteiger partial charge in [0.25, 0.3) is 0 Å². The number of Topliss-reactive ketones (excluding diaryl/α,β-unsaturated/α-hetero) is 1. The molecule has 0 bridgehead atoms. The van der Waals surface area contributed by atoms with Gasteiger partial charge in [0.1, 0.15) is 5.78 Å². The highest BCUT2D eigenvalue weighted by molar-refractivity contribution is 5.83. The van der Waals surface area contributed by atoms with E-state index >= 15 is 0 Å². The maximum Gasteiger partial charge on any atom is 0.419 e. The molecule has 0 aromatic heterocycles. The molecule has 2 saturated heterocycles. The zero-order valence-electron chi connectivity index (χ0n) is 12.3. The molecule has 0 aliphatic carbocycles. The number of rotatable bonds is 4. The number of hydrogen-bond donors (Lipinski definition) is 4. The highest BCUT2D eigenvalue weighted by Crippen LogP contribution is 2.26. The Morgan fingerprint density at radius 3 is 1.32 bits per heavy atom. The minimum absolute atomic E-state index is 0.0178. The van der Waals surface area contributed by atoms with E-state index in [1.54, 1.807) is 10.0 Å². The molecule has 2 fully saturated rings. The fraction of sp³-hybridized carbons (Fsp3) is 0.769. The number of piperidine rings is 2. The molecule has 2 aliphatic rings. The molecule has 9 nitrogen and oxygen atoms in total. The molecule has 0 aromatic carbocycles. The molecule has 0 saturated carbocycles. The van der Waals surface area contributed by atoms with Crippen LogP contribution in [-0.2, 0) is 4.79 Å². The van der Waals surface area contributed by atoms with Crippen LogP contribution in [0, 0.1) is 11.8 Å². The zero-order valence-corrected chi connectivity index (χ0v) is 12.3. The molecule has 4 N–H and O–H groups in total. The topological polar surface area (TPSA) is 122 Å². The summed E-state index contributed by atoms with van der Waals surface area (Å²) < 4.78 is 0. The Labute approximate surface area is 128 Å². The minimum atomic E-state index is -1.08. The average molecular weight is 314 g/mol. The average Bonchev–Trinajstić information content (AvgIpc) is 2.47. The summed E-state index contributed by atoms with van der Waals surface area (Å²) in [5.41, 5.74) is 4.63. The summed E-state index contributed by atoms with van der Waals surface area (Å²) >= 11 is 0. The molecule has 9 heteroatoms. The quantitative estimate of drug-likeness (QED) is 0.590. The molecule has 0 unspecified atom stereocenters.